The molecule has 2 aliphatic rings. The topological polar surface area (TPSA) is 93.6 Å². The van der Waals surface area contributed by atoms with Crippen molar-refractivity contribution in [3.63, 3.8) is 0 Å². The molecule has 1 saturated heterocycles. The van der Waals surface area contributed by atoms with Crippen LogP contribution in [0.5, 0.6) is 0 Å². The van der Waals surface area contributed by atoms with Crippen molar-refractivity contribution in [2.24, 2.45) is 5.10 Å². The van der Waals surface area contributed by atoms with Gasteiger partial charge >= 0.3 is 0 Å². The number of hydrogen-bond donors (Lipinski definition) is 0. The lowest BCUT2D eigenvalue weighted by atomic mass is 10.1. The molecular formula is C18H23N5O4S. The van der Waals surface area contributed by atoms with Crippen molar-refractivity contribution in [3.8, 4) is 0 Å². The fourth-order valence-electron chi connectivity index (χ4n) is 3.16. The highest BCUT2D eigenvalue weighted by atomic mass is 32.1. The summed E-state index contributed by atoms with van der Waals surface area (Å²) in [6.07, 6.45) is 0.313. The van der Waals surface area contributed by atoms with Crippen LogP contribution in [-0.4, -0.2) is 95.9 Å². The molecule has 1 aromatic rings. The SMILES string of the molecule is CN(CC(=O)N1CCN(C(=O)CC2=NN(C)C(=O)C2)CC1)C(=O)c1ccsc1. The molecule has 0 atom stereocenters. The highest BCUT2D eigenvalue weighted by molar-refractivity contribution is 7.08. The number of hydrogen-bond acceptors (Lipinski definition) is 6. The van der Waals surface area contributed by atoms with Gasteiger partial charge in [-0.25, -0.2) is 5.01 Å². The van der Waals surface area contributed by atoms with Crippen LogP contribution < -0.4 is 0 Å². The molecule has 28 heavy (non-hydrogen) atoms. The third-order valence-electron chi connectivity index (χ3n) is 4.84. The van der Waals surface area contributed by atoms with Crippen LogP contribution in [0.15, 0.2) is 21.9 Å². The van der Waals surface area contributed by atoms with E-state index in [9.17, 15) is 19.2 Å². The van der Waals surface area contributed by atoms with Crippen LogP contribution in [0, 0.1) is 0 Å². The Kier molecular flexibility index (Phi) is 6.08. The van der Waals surface area contributed by atoms with Gasteiger partial charge in [0.2, 0.25) is 17.7 Å². The smallest absolute Gasteiger partial charge is 0.254 e. The number of likely N-dealkylation sites (N-methyl/N-ethyl adjacent to an activating group) is 1. The first-order valence-corrected chi connectivity index (χ1v) is 9.95. The van der Waals surface area contributed by atoms with Gasteiger partial charge in [0.15, 0.2) is 0 Å². The molecule has 9 nitrogen and oxygen atoms in total. The van der Waals surface area contributed by atoms with Gasteiger partial charge in [0.25, 0.3) is 5.91 Å². The molecule has 0 aliphatic carbocycles. The van der Waals surface area contributed by atoms with Crippen molar-refractivity contribution in [1.82, 2.24) is 19.7 Å². The van der Waals surface area contributed by atoms with Crippen LogP contribution >= 0.6 is 11.3 Å². The zero-order valence-corrected chi connectivity index (χ0v) is 16.8. The zero-order chi connectivity index (χ0) is 20.3. The van der Waals surface area contributed by atoms with E-state index in [1.807, 2.05) is 5.38 Å². The quantitative estimate of drug-likeness (QED) is 0.694. The number of rotatable bonds is 5. The van der Waals surface area contributed by atoms with Gasteiger partial charge in [0.1, 0.15) is 0 Å². The minimum atomic E-state index is -0.180. The van der Waals surface area contributed by atoms with Gasteiger partial charge in [-0.15, -0.1) is 0 Å². The van der Waals surface area contributed by atoms with E-state index in [0.717, 1.165) is 0 Å². The van der Waals surface area contributed by atoms with Crippen LogP contribution in [0.4, 0.5) is 0 Å². The molecule has 0 saturated carbocycles. The van der Waals surface area contributed by atoms with E-state index in [4.69, 9.17) is 0 Å². The van der Waals surface area contributed by atoms with Crippen molar-refractivity contribution in [2.45, 2.75) is 12.8 Å². The maximum atomic E-state index is 12.5. The minimum Gasteiger partial charge on any atom is -0.339 e. The molecule has 3 rings (SSSR count). The van der Waals surface area contributed by atoms with Gasteiger partial charge in [-0.1, -0.05) is 0 Å². The predicted molar refractivity (Wildman–Crippen MR) is 104 cm³/mol. The number of thiophene rings is 1. The highest BCUT2D eigenvalue weighted by Crippen LogP contribution is 2.12. The third-order valence-corrected chi connectivity index (χ3v) is 5.52. The second-order valence-corrected chi connectivity index (χ2v) is 7.65. The predicted octanol–water partition coefficient (Wildman–Crippen LogP) is 0.0991. The van der Waals surface area contributed by atoms with Crippen LogP contribution in [-0.2, 0) is 14.4 Å². The number of amides is 4. The zero-order valence-electron chi connectivity index (χ0n) is 16.0. The summed E-state index contributed by atoms with van der Waals surface area (Å²) in [5.41, 5.74) is 1.15. The average Bonchev–Trinajstić information content (AvgIpc) is 3.31. The third kappa shape index (κ3) is 4.56. The summed E-state index contributed by atoms with van der Waals surface area (Å²) in [6, 6.07) is 1.73. The molecule has 1 fully saturated rings. The number of nitrogens with zero attached hydrogens (tertiary/aromatic N) is 5. The van der Waals surface area contributed by atoms with Crippen LogP contribution in [0.2, 0.25) is 0 Å². The molecule has 0 spiro atoms. The van der Waals surface area contributed by atoms with Gasteiger partial charge in [0.05, 0.1) is 30.7 Å². The summed E-state index contributed by atoms with van der Waals surface area (Å²) in [5.74, 6) is -0.510. The Morgan fingerprint density at radius 1 is 1.14 bits per heavy atom. The molecule has 150 valence electrons. The molecule has 4 amide bonds. The van der Waals surface area contributed by atoms with Gasteiger partial charge in [-0.2, -0.15) is 16.4 Å². The van der Waals surface area contributed by atoms with Crippen LogP contribution in [0.3, 0.4) is 0 Å². The first kappa shape index (κ1) is 20.0. The minimum absolute atomic E-state index is 0.00782. The van der Waals surface area contributed by atoms with Gasteiger partial charge in [0, 0.05) is 45.7 Å². The summed E-state index contributed by atoms with van der Waals surface area (Å²) in [5, 5.41) is 8.91. The Morgan fingerprint density at radius 3 is 2.32 bits per heavy atom. The maximum Gasteiger partial charge on any atom is 0.254 e. The largest absolute Gasteiger partial charge is 0.339 e. The van der Waals surface area contributed by atoms with E-state index < -0.39 is 0 Å². The molecule has 3 heterocycles. The molecule has 10 heteroatoms. The summed E-state index contributed by atoms with van der Waals surface area (Å²) < 4.78 is 0. The Bertz CT molecular complexity index is 799. The second kappa shape index (κ2) is 8.51. The standard InChI is InChI=1S/C18H23N5O4S/c1-20(18(27)13-3-8-28-12-13)11-17(26)23-6-4-22(5-7-23)16(25)10-14-9-15(24)21(2)19-14/h3,8,12H,4-7,9-11H2,1-2H3. The van der Waals surface area contributed by atoms with Crippen molar-refractivity contribution in [2.75, 3.05) is 46.8 Å². The second-order valence-electron chi connectivity index (χ2n) is 6.87. The molecule has 0 aromatic carbocycles. The molecular weight excluding hydrogens is 382 g/mol. The lowest BCUT2D eigenvalue weighted by Crippen LogP contribution is -2.53. The first-order valence-electron chi connectivity index (χ1n) is 9.01. The van der Waals surface area contributed by atoms with E-state index in [2.05, 4.69) is 5.10 Å². The summed E-state index contributed by atoms with van der Waals surface area (Å²) in [7, 11) is 3.18. The van der Waals surface area contributed by atoms with E-state index in [-0.39, 0.29) is 43.0 Å². The summed E-state index contributed by atoms with van der Waals surface area (Å²) >= 11 is 1.44. The summed E-state index contributed by atoms with van der Waals surface area (Å²) in [4.78, 5) is 53.4. The van der Waals surface area contributed by atoms with Crippen LogP contribution in [0.1, 0.15) is 23.2 Å². The lowest BCUT2D eigenvalue weighted by molar-refractivity contribution is -0.139. The number of carbonyl (C=O) groups is 4. The lowest BCUT2D eigenvalue weighted by Gasteiger charge is -2.35. The fourth-order valence-corrected chi connectivity index (χ4v) is 3.79. The maximum absolute atomic E-state index is 12.5. The molecule has 2 aliphatic heterocycles. The first-order chi connectivity index (χ1) is 13.3. The molecule has 0 bridgehead atoms. The van der Waals surface area contributed by atoms with E-state index >= 15 is 0 Å². The molecule has 0 unspecified atom stereocenters. The monoisotopic (exact) mass is 405 g/mol. The summed E-state index contributed by atoms with van der Waals surface area (Å²) in [6.45, 7) is 1.73. The number of hydrazone groups is 1. The van der Waals surface area contributed by atoms with E-state index in [1.54, 1.807) is 35.3 Å². The van der Waals surface area contributed by atoms with Gasteiger partial charge in [-0.05, 0) is 11.4 Å². The molecule has 0 N–H and O–H groups in total. The van der Waals surface area contributed by atoms with Gasteiger partial charge < -0.3 is 14.7 Å². The molecule has 1 aromatic heterocycles. The Hall–Kier alpha value is -2.75. The Labute approximate surface area is 167 Å². The van der Waals surface area contributed by atoms with E-state index in [0.29, 0.717) is 37.5 Å². The van der Waals surface area contributed by atoms with Crippen molar-refractivity contribution in [1.29, 1.82) is 0 Å². The van der Waals surface area contributed by atoms with Crippen molar-refractivity contribution in [3.05, 3.63) is 22.4 Å². The van der Waals surface area contributed by atoms with Crippen molar-refractivity contribution >= 4 is 40.7 Å². The number of piperazine rings is 1. The Balaban J connectivity index is 1.45. The fraction of sp³-hybridized carbons (Fsp3) is 0.500. The average molecular weight is 405 g/mol. The molecule has 0 radical (unpaired) electrons. The normalized spacial score (nSPS) is 17.0. The highest BCUT2D eigenvalue weighted by Gasteiger charge is 2.28. The Morgan fingerprint density at radius 2 is 1.79 bits per heavy atom. The van der Waals surface area contributed by atoms with Gasteiger partial charge in [-0.3, -0.25) is 19.2 Å². The van der Waals surface area contributed by atoms with Crippen molar-refractivity contribution < 1.29 is 19.2 Å². The number of carbonyl (C=O) groups excluding carboxylic acids is 4. The van der Waals surface area contributed by atoms with E-state index in [1.165, 1.54) is 21.2 Å². The van der Waals surface area contributed by atoms with Crippen LogP contribution in [0.25, 0.3) is 0 Å².